The largest absolute Gasteiger partial charge is 0.461 e. The topological polar surface area (TPSA) is 188 Å². The Morgan fingerprint density at radius 2 is 1.60 bits per heavy atom. The standard InChI is InChI=1S/C35H38F2N6O8S/c1-19(2)51-33(47)28(15-21-8-13-29(38-18-21)43-30(44)14-20(3)42(7)34(43)48)39-32(46)24-16-26(37)27(17-25(24)36)41-52(49,50)23-11-9-22(10-12-23)31(45)40-35(4,5)6/h8-14,16-19,28,41H,15H2,1-7H3,(H,39,46)(H,40,45)/t28-/m0/s1. The number of nitrogens with zero attached hydrogens (tertiary/aromatic N) is 3. The third kappa shape index (κ3) is 9.34. The first-order valence-electron chi connectivity index (χ1n) is 15.9. The molecule has 17 heteroatoms. The van der Waals surface area contributed by atoms with Crippen molar-refractivity contribution in [2.45, 2.75) is 70.5 Å². The molecule has 2 amide bonds. The minimum atomic E-state index is -4.46. The molecule has 0 spiro atoms. The van der Waals surface area contributed by atoms with Gasteiger partial charge in [-0.1, -0.05) is 6.07 Å². The monoisotopic (exact) mass is 740 g/mol. The Morgan fingerprint density at radius 1 is 0.942 bits per heavy atom. The molecule has 3 N–H and O–H groups in total. The number of rotatable bonds is 11. The molecule has 0 radical (unpaired) electrons. The van der Waals surface area contributed by atoms with Gasteiger partial charge in [-0.25, -0.2) is 36.3 Å². The van der Waals surface area contributed by atoms with E-state index in [9.17, 15) is 32.4 Å². The van der Waals surface area contributed by atoms with E-state index < -0.39 is 79.6 Å². The van der Waals surface area contributed by atoms with E-state index in [4.69, 9.17) is 4.74 Å². The highest BCUT2D eigenvalue weighted by molar-refractivity contribution is 7.92. The number of anilines is 1. The van der Waals surface area contributed by atoms with Crippen molar-refractivity contribution >= 4 is 33.5 Å². The summed E-state index contributed by atoms with van der Waals surface area (Å²) in [6.45, 7) is 10.1. The Labute approximate surface area is 297 Å². The van der Waals surface area contributed by atoms with Crippen molar-refractivity contribution in [3.05, 3.63) is 116 Å². The van der Waals surface area contributed by atoms with Gasteiger partial charge in [-0.05, 0) is 83.5 Å². The first-order chi connectivity index (χ1) is 24.2. The lowest BCUT2D eigenvalue weighted by Gasteiger charge is -2.20. The van der Waals surface area contributed by atoms with Gasteiger partial charge in [0.2, 0.25) is 0 Å². The number of pyridine rings is 1. The van der Waals surface area contributed by atoms with Gasteiger partial charge in [0.15, 0.2) is 0 Å². The van der Waals surface area contributed by atoms with Crippen LogP contribution < -0.4 is 26.6 Å². The molecule has 0 aliphatic rings. The van der Waals surface area contributed by atoms with Crippen molar-refractivity contribution in [3.63, 3.8) is 0 Å². The van der Waals surface area contributed by atoms with Gasteiger partial charge < -0.3 is 19.9 Å². The van der Waals surface area contributed by atoms with Gasteiger partial charge in [-0.3, -0.25) is 19.1 Å². The number of hydrogen-bond donors (Lipinski definition) is 3. The zero-order chi connectivity index (χ0) is 38.7. The lowest BCUT2D eigenvalue weighted by atomic mass is 10.1. The van der Waals surface area contributed by atoms with Crippen molar-refractivity contribution in [2.75, 3.05) is 4.72 Å². The number of benzene rings is 2. The van der Waals surface area contributed by atoms with E-state index in [2.05, 4.69) is 15.6 Å². The lowest BCUT2D eigenvalue weighted by Crippen LogP contribution is -2.44. The van der Waals surface area contributed by atoms with Gasteiger partial charge in [0.25, 0.3) is 27.4 Å². The SMILES string of the molecule is Cc1cc(=O)n(-c2ccc(C[C@H](NC(=O)c3cc(F)c(NS(=O)(=O)c4ccc(C(=O)NC(C)(C)C)cc4)cc3F)C(=O)OC(C)C)cn2)c(=O)n1C. The van der Waals surface area contributed by atoms with Crippen LogP contribution in [0.2, 0.25) is 0 Å². The predicted molar refractivity (Wildman–Crippen MR) is 187 cm³/mol. The number of aromatic nitrogens is 3. The van der Waals surface area contributed by atoms with Gasteiger partial charge in [-0.2, -0.15) is 0 Å². The van der Waals surface area contributed by atoms with E-state index in [1.165, 1.54) is 48.1 Å². The van der Waals surface area contributed by atoms with Gasteiger partial charge >= 0.3 is 11.7 Å². The second-order valence-electron chi connectivity index (χ2n) is 13.2. The summed E-state index contributed by atoms with van der Waals surface area (Å²) in [7, 11) is -2.97. The molecule has 0 fully saturated rings. The third-order valence-corrected chi connectivity index (χ3v) is 8.82. The fourth-order valence-corrected chi connectivity index (χ4v) is 5.85. The maximum atomic E-state index is 15.3. The summed E-state index contributed by atoms with van der Waals surface area (Å²) in [6.07, 6.45) is 0.442. The zero-order valence-electron chi connectivity index (χ0n) is 29.4. The summed E-state index contributed by atoms with van der Waals surface area (Å²) >= 11 is 0. The molecule has 0 aliphatic carbocycles. The van der Waals surface area contributed by atoms with Crippen LogP contribution in [0.15, 0.2) is 75.3 Å². The number of halogens is 2. The van der Waals surface area contributed by atoms with Crippen molar-refractivity contribution in [2.24, 2.45) is 7.05 Å². The van der Waals surface area contributed by atoms with Crippen molar-refractivity contribution in [3.8, 4) is 5.82 Å². The van der Waals surface area contributed by atoms with Crippen LogP contribution in [0.4, 0.5) is 14.5 Å². The Bertz CT molecular complexity index is 2250. The zero-order valence-corrected chi connectivity index (χ0v) is 30.2. The molecule has 0 saturated carbocycles. The molecule has 0 saturated heterocycles. The highest BCUT2D eigenvalue weighted by Crippen LogP contribution is 2.24. The molecule has 276 valence electrons. The second kappa shape index (κ2) is 15.3. The first kappa shape index (κ1) is 39.1. The number of carbonyl (C=O) groups excluding carboxylic acids is 3. The molecule has 0 aliphatic heterocycles. The average Bonchev–Trinajstić information content (AvgIpc) is 3.04. The molecule has 4 rings (SSSR count). The average molecular weight is 741 g/mol. The minimum Gasteiger partial charge on any atom is -0.461 e. The summed E-state index contributed by atoms with van der Waals surface area (Å²) in [5, 5.41) is 5.06. The highest BCUT2D eigenvalue weighted by Gasteiger charge is 2.28. The lowest BCUT2D eigenvalue weighted by molar-refractivity contribution is -0.149. The number of esters is 1. The van der Waals surface area contributed by atoms with E-state index in [0.29, 0.717) is 23.4 Å². The number of nitrogens with one attached hydrogen (secondary N) is 3. The Kier molecular flexibility index (Phi) is 11.5. The quantitative estimate of drug-likeness (QED) is 0.194. The number of carbonyl (C=O) groups is 3. The van der Waals surface area contributed by atoms with Gasteiger partial charge in [-0.15, -0.1) is 0 Å². The number of ether oxygens (including phenoxy) is 1. The van der Waals surface area contributed by atoms with Crippen LogP contribution >= 0.6 is 0 Å². The predicted octanol–water partition coefficient (Wildman–Crippen LogP) is 3.14. The van der Waals surface area contributed by atoms with Crippen LogP contribution in [0.5, 0.6) is 0 Å². The van der Waals surface area contributed by atoms with Crippen molar-refractivity contribution < 1.29 is 36.3 Å². The summed E-state index contributed by atoms with van der Waals surface area (Å²) in [5.41, 5.74) is -2.42. The Morgan fingerprint density at radius 3 is 2.17 bits per heavy atom. The number of aryl methyl sites for hydroxylation is 1. The maximum Gasteiger partial charge on any atom is 0.336 e. The highest BCUT2D eigenvalue weighted by atomic mass is 32.2. The van der Waals surface area contributed by atoms with Crippen LogP contribution in [0.1, 0.15) is 66.6 Å². The van der Waals surface area contributed by atoms with Crippen molar-refractivity contribution in [1.29, 1.82) is 0 Å². The smallest absolute Gasteiger partial charge is 0.336 e. The van der Waals surface area contributed by atoms with Gasteiger partial charge in [0.1, 0.15) is 23.5 Å². The molecule has 52 heavy (non-hydrogen) atoms. The molecule has 14 nitrogen and oxygen atoms in total. The van der Waals surface area contributed by atoms with E-state index in [1.807, 2.05) is 4.72 Å². The maximum absolute atomic E-state index is 15.3. The summed E-state index contributed by atoms with van der Waals surface area (Å²) in [5.74, 6) is -5.14. The summed E-state index contributed by atoms with van der Waals surface area (Å²) < 4.78 is 65.7. The number of amides is 2. The van der Waals surface area contributed by atoms with Crippen LogP contribution in [0, 0.1) is 18.6 Å². The molecule has 2 aromatic heterocycles. The van der Waals surface area contributed by atoms with Gasteiger partial charge in [0, 0.05) is 48.6 Å². The van der Waals surface area contributed by atoms with E-state index in [1.54, 1.807) is 41.5 Å². The molecule has 2 aromatic carbocycles. The van der Waals surface area contributed by atoms with Crippen LogP contribution in [0.25, 0.3) is 5.82 Å². The number of hydrogen-bond acceptors (Lipinski definition) is 9. The van der Waals surface area contributed by atoms with Gasteiger partial charge in [0.05, 0.1) is 22.3 Å². The second-order valence-corrected chi connectivity index (χ2v) is 14.9. The Balaban J connectivity index is 1.53. The summed E-state index contributed by atoms with van der Waals surface area (Å²) in [4.78, 5) is 67.5. The molecule has 0 unspecified atom stereocenters. The molecule has 4 aromatic rings. The summed E-state index contributed by atoms with van der Waals surface area (Å²) in [6, 6.07) is 8.40. The van der Waals surface area contributed by atoms with E-state index in [0.717, 1.165) is 16.7 Å². The normalized spacial score (nSPS) is 12.3. The van der Waals surface area contributed by atoms with Crippen LogP contribution in [0.3, 0.4) is 0 Å². The fraction of sp³-hybridized carbons (Fsp3) is 0.314. The van der Waals surface area contributed by atoms with Crippen molar-refractivity contribution in [1.82, 2.24) is 24.8 Å². The fourth-order valence-electron chi connectivity index (χ4n) is 4.80. The first-order valence-corrected chi connectivity index (χ1v) is 17.4. The van der Waals surface area contributed by atoms with E-state index >= 15 is 8.78 Å². The molecule has 1 atom stereocenters. The molecular formula is C35H38F2N6O8S. The minimum absolute atomic E-state index is 0.00784. The molecule has 0 bridgehead atoms. The molecular weight excluding hydrogens is 702 g/mol. The number of sulfonamides is 1. The third-order valence-electron chi connectivity index (χ3n) is 7.44. The van der Waals surface area contributed by atoms with E-state index in [-0.39, 0.29) is 22.7 Å². The van der Waals surface area contributed by atoms with Crippen LogP contribution in [-0.2, 0) is 33.0 Å². The molecule has 2 heterocycles. The van der Waals surface area contributed by atoms with Crippen LogP contribution in [-0.4, -0.2) is 58.0 Å². The Hall–Kier alpha value is -5.71.